The minimum atomic E-state index is -3.61. The predicted octanol–water partition coefficient (Wildman–Crippen LogP) is 2.87. The van der Waals surface area contributed by atoms with Gasteiger partial charge in [0.05, 0.1) is 18.6 Å². The second kappa shape index (κ2) is 7.73. The standard InChI is InChI=1S/C20H21N3O4S/c1-26-19-20(22-11-10-21-19)27-17-7-4-12-23(14-17)28(24,25)18-9-8-15-5-2-3-6-16(15)13-18/h2-3,5-6,8-11,13,17H,4,7,12,14H2,1H3. The third-order valence-electron chi connectivity index (χ3n) is 4.80. The molecule has 1 atom stereocenters. The molecule has 3 aromatic rings. The Hall–Kier alpha value is -2.71. The van der Waals surface area contributed by atoms with Gasteiger partial charge in [-0.3, -0.25) is 0 Å². The summed E-state index contributed by atoms with van der Waals surface area (Å²) in [5.74, 6) is 0.567. The van der Waals surface area contributed by atoms with E-state index in [-0.39, 0.29) is 24.4 Å². The van der Waals surface area contributed by atoms with Gasteiger partial charge < -0.3 is 9.47 Å². The first-order chi connectivity index (χ1) is 13.6. The maximum absolute atomic E-state index is 13.2. The molecule has 28 heavy (non-hydrogen) atoms. The predicted molar refractivity (Wildman–Crippen MR) is 105 cm³/mol. The fraction of sp³-hybridized carbons (Fsp3) is 0.300. The van der Waals surface area contributed by atoms with Crippen LogP contribution in [0.4, 0.5) is 0 Å². The van der Waals surface area contributed by atoms with E-state index in [1.165, 1.54) is 23.8 Å². The summed E-state index contributed by atoms with van der Waals surface area (Å²) in [5.41, 5.74) is 0. The number of ether oxygens (including phenoxy) is 2. The highest BCUT2D eigenvalue weighted by Gasteiger charge is 2.32. The van der Waals surface area contributed by atoms with Crippen LogP contribution in [0, 0.1) is 0 Å². The van der Waals surface area contributed by atoms with Crippen LogP contribution in [-0.4, -0.2) is 49.0 Å². The number of benzene rings is 2. The summed E-state index contributed by atoms with van der Waals surface area (Å²) >= 11 is 0. The summed E-state index contributed by atoms with van der Waals surface area (Å²) in [7, 11) is -2.11. The molecule has 1 aliphatic rings. The molecular formula is C20H21N3O4S. The van der Waals surface area contributed by atoms with Crippen LogP contribution >= 0.6 is 0 Å². The summed E-state index contributed by atoms with van der Waals surface area (Å²) < 4.78 is 38.9. The number of nitrogens with zero attached hydrogens (tertiary/aromatic N) is 3. The minimum Gasteiger partial charge on any atom is -0.477 e. The maximum atomic E-state index is 13.2. The van der Waals surface area contributed by atoms with Gasteiger partial charge in [-0.25, -0.2) is 18.4 Å². The van der Waals surface area contributed by atoms with Gasteiger partial charge >= 0.3 is 0 Å². The molecule has 1 unspecified atom stereocenters. The fourth-order valence-corrected chi connectivity index (χ4v) is 4.93. The molecule has 0 N–H and O–H groups in total. The van der Waals surface area contributed by atoms with Crippen molar-refractivity contribution in [3.63, 3.8) is 0 Å². The monoisotopic (exact) mass is 399 g/mol. The van der Waals surface area contributed by atoms with E-state index in [0.717, 1.165) is 17.2 Å². The average Bonchev–Trinajstić information content (AvgIpc) is 2.74. The highest BCUT2D eigenvalue weighted by molar-refractivity contribution is 7.89. The maximum Gasteiger partial charge on any atom is 0.278 e. The minimum absolute atomic E-state index is 0.259. The molecule has 0 saturated carbocycles. The molecule has 7 nitrogen and oxygen atoms in total. The number of hydrogen-bond donors (Lipinski definition) is 0. The summed E-state index contributed by atoms with van der Waals surface area (Å²) in [6, 6.07) is 12.9. The lowest BCUT2D eigenvalue weighted by molar-refractivity contribution is 0.119. The number of methoxy groups -OCH3 is 1. The van der Waals surface area contributed by atoms with Crippen molar-refractivity contribution in [2.75, 3.05) is 20.2 Å². The van der Waals surface area contributed by atoms with Gasteiger partial charge in [0, 0.05) is 18.9 Å². The molecule has 0 spiro atoms. The summed E-state index contributed by atoms with van der Waals surface area (Å²) in [6.45, 7) is 0.724. The number of rotatable bonds is 5. The smallest absolute Gasteiger partial charge is 0.278 e. The van der Waals surface area contributed by atoms with Gasteiger partial charge in [0.25, 0.3) is 11.8 Å². The van der Waals surface area contributed by atoms with Gasteiger partial charge in [-0.1, -0.05) is 30.3 Å². The third-order valence-corrected chi connectivity index (χ3v) is 6.67. The Labute approximate surface area is 164 Å². The lowest BCUT2D eigenvalue weighted by Crippen LogP contribution is -2.44. The Morgan fingerprint density at radius 3 is 2.57 bits per heavy atom. The quantitative estimate of drug-likeness (QED) is 0.656. The second-order valence-corrected chi connectivity index (χ2v) is 8.56. The molecule has 1 aliphatic heterocycles. The zero-order chi connectivity index (χ0) is 19.6. The van der Waals surface area contributed by atoms with Crippen LogP contribution in [0.1, 0.15) is 12.8 Å². The normalized spacial score (nSPS) is 18.1. The van der Waals surface area contributed by atoms with Gasteiger partial charge in [0.1, 0.15) is 6.10 Å². The van der Waals surface area contributed by atoms with Crippen LogP contribution < -0.4 is 9.47 Å². The third kappa shape index (κ3) is 3.65. The molecular weight excluding hydrogens is 378 g/mol. The molecule has 146 valence electrons. The molecule has 1 saturated heterocycles. The molecule has 2 aromatic carbocycles. The van der Waals surface area contributed by atoms with Crippen molar-refractivity contribution in [3.05, 3.63) is 54.9 Å². The van der Waals surface area contributed by atoms with Crippen LogP contribution in [0.5, 0.6) is 11.8 Å². The highest BCUT2D eigenvalue weighted by Crippen LogP contribution is 2.27. The Bertz CT molecular complexity index is 1090. The van der Waals surface area contributed by atoms with Crippen LogP contribution in [0.15, 0.2) is 59.8 Å². The lowest BCUT2D eigenvalue weighted by Gasteiger charge is -2.32. The Morgan fingerprint density at radius 2 is 1.79 bits per heavy atom. The van der Waals surface area contributed by atoms with E-state index in [4.69, 9.17) is 9.47 Å². The van der Waals surface area contributed by atoms with Gasteiger partial charge in [-0.2, -0.15) is 4.31 Å². The van der Waals surface area contributed by atoms with Crippen LogP contribution in [0.3, 0.4) is 0 Å². The first-order valence-corrected chi connectivity index (χ1v) is 10.5. The zero-order valence-corrected chi connectivity index (χ0v) is 16.3. The Balaban J connectivity index is 1.55. The van der Waals surface area contributed by atoms with Crippen molar-refractivity contribution in [1.29, 1.82) is 0 Å². The fourth-order valence-electron chi connectivity index (χ4n) is 3.39. The van der Waals surface area contributed by atoms with E-state index in [0.29, 0.717) is 17.9 Å². The average molecular weight is 399 g/mol. The van der Waals surface area contributed by atoms with E-state index in [1.807, 2.05) is 30.3 Å². The van der Waals surface area contributed by atoms with Gasteiger partial charge in [0.15, 0.2) is 0 Å². The number of piperidine rings is 1. The van der Waals surface area contributed by atoms with Crippen molar-refractivity contribution >= 4 is 20.8 Å². The van der Waals surface area contributed by atoms with E-state index < -0.39 is 10.0 Å². The molecule has 2 heterocycles. The molecule has 1 aromatic heterocycles. The van der Waals surface area contributed by atoms with Crippen LogP contribution in [0.25, 0.3) is 10.8 Å². The molecule has 8 heteroatoms. The lowest BCUT2D eigenvalue weighted by atomic mass is 10.1. The van der Waals surface area contributed by atoms with Gasteiger partial charge in [-0.05, 0) is 35.7 Å². The van der Waals surface area contributed by atoms with Crippen molar-refractivity contribution < 1.29 is 17.9 Å². The number of sulfonamides is 1. The molecule has 4 rings (SSSR count). The summed E-state index contributed by atoms with van der Waals surface area (Å²) in [5, 5.41) is 1.91. The second-order valence-electron chi connectivity index (χ2n) is 6.62. The number of hydrogen-bond acceptors (Lipinski definition) is 6. The molecule has 0 aliphatic carbocycles. The van der Waals surface area contributed by atoms with Crippen molar-refractivity contribution in [3.8, 4) is 11.8 Å². The summed E-state index contributed by atoms with van der Waals surface area (Å²) in [4.78, 5) is 8.51. The first-order valence-electron chi connectivity index (χ1n) is 9.08. The first kappa shape index (κ1) is 18.6. The van der Waals surface area contributed by atoms with E-state index in [2.05, 4.69) is 9.97 Å². The zero-order valence-electron chi connectivity index (χ0n) is 15.5. The van der Waals surface area contributed by atoms with Crippen molar-refractivity contribution in [1.82, 2.24) is 14.3 Å². The van der Waals surface area contributed by atoms with Gasteiger partial charge in [-0.15, -0.1) is 0 Å². The SMILES string of the molecule is COc1nccnc1OC1CCCN(S(=O)(=O)c2ccc3ccccc3c2)C1. The molecule has 1 fully saturated rings. The van der Waals surface area contributed by atoms with E-state index in [1.54, 1.807) is 12.1 Å². The van der Waals surface area contributed by atoms with Crippen molar-refractivity contribution in [2.45, 2.75) is 23.8 Å². The number of fused-ring (bicyclic) bond motifs is 1. The molecule has 0 bridgehead atoms. The van der Waals surface area contributed by atoms with E-state index in [9.17, 15) is 8.42 Å². The Morgan fingerprint density at radius 1 is 1.04 bits per heavy atom. The topological polar surface area (TPSA) is 81.6 Å². The largest absolute Gasteiger partial charge is 0.477 e. The molecule has 0 radical (unpaired) electrons. The summed E-state index contributed by atoms with van der Waals surface area (Å²) in [6.07, 6.45) is 4.17. The number of aromatic nitrogens is 2. The highest BCUT2D eigenvalue weighted by atomic mass is 32.2. The van der Waals surface area contributed by atoms with Crippen LogP contribution in [0.2, 0.25) is 0 Å². The van der Waals surface area contributed by atoms with Crippen LogP contribution in [-0.2, 0) is 10.0 Å². The van der Waals surface area contributed by atoms with E-state index >= 15 is 0 Å². The molecule has 0 amide bonds. The van der Waals surface area contributed by atoms with Gasteiger partial charge in [0.2, 0.25) is 10.0 Å². The van der Waals surface area contributed by atoms with Crippen molar-refractivity contribution in [2.24, 2.45) is 0 Å². The Kier molecular flexibility index (Phi) is 5.15.